The first kappa shape index (κ1) is 14.5. The second kappa shape index (κ2) is 6.16. The molecule has 0 unspecified atom stereocenters. The van der Waals surface area contributed by atoms with Gasteiger partial charge in [0.25, 0.3) is 0 Å². The molecule has 0 aliphatic carbocycles. The Bertz CT molecular complexity index is 505. The van der Waals surface area contributed by atoms with Gasteiger partial charge < -0.3 is 10.2 Å². The summed E-state index contributed by atoms with van der Waals surface area (Å²) in [5.74, 6) is 1.71. The van der Waals surface area contributed by atoms with Gasteiger partial charge in [0.1, 0.15) is 0 Å². The van der Waals surface area contributed by atoms with Crippen molar-refractivity contribution in [2.45, 2.75) is 13.8 Å². The van der Waals surface area contributed by atoms with E-state index in [-0.39, 0.29) is 5.91 Å². The Balaban J connectivity index is 1.65. The van der Waals surface area contributed by atoms with Gasteiger partial charge in [-0.15, -0.1) is 0 Å². The summed E-state index contributed by atoms with van der Waals surface area (Å²) in [6.07, 6.45) is 0. The Morgan fingerprint density at radius 2 is 1.95 bits per heavy atom. The Morgan fingerprint density at radius 1 is 1.29 bits per heavy atom. The predicted molar refractivity (Wildman–Crippen MR) is 85.5 cm³/mol. The van der Waals surface area contributed by atoms with E-state index in [2.05, 4.69) is 23.2 Å². The number of nitrogens with zero attached hydrogens (tertiary/aromatic N) is 2. The highest BCUT2D eigenvalue weighted by Gasteiger charge is 2.37. The van der Waals surface area contributed by atoms with Gasteiger partial charge in [0, 0.05) is 25.3 Å². The number of anilines is 1. The van der Waals surface area contributed by atoms with Crippen LogP contribution in [0, 0.1) is 18.8 Å². The Labute approximate surface area is 127 Å². The SMILES string of the molecule is CCN(C(=O)CN1C[C@H]2CNC[C@H]2C1)c1ccccc1C. The Hall–Kier alpha value is -1.39. The van der Waals surface area contributed by atoms with Crippen LogP contribution in [-0.2, 0) is 4.79 Å². The van der Waals surface area contributed by atoms with E-state index in [1.165, 1.54) is 0 Å². The van der Waals surface area contributed by atoms with Crippen LogP contribution in [-0.4, -0.2) is 50.1 Å². The predicted octanol–water partition coefficient (Wildman–Crippen LogP) is 1.50. The van der Waals surface area contributed by atoms with Crippen molar-refractivity contribution in [2.75, 3.05) is 44.2 Å². The molecule has 2 aliphatic rings. The minimum Gasteiger partial charge on any atom is -0.316 e. The van der Waals surface area contributed by atoms with E-state index in [0.29, 0.717) is 6.54 Å². The third-order valence-electron chi connectivity index (χ3n) is 4.85. The molecule has 0 spiro atoms. The molecule has 0 bridgehead atoms. The largest absolute Gasteiger partial charge is 0.316 e. The Kier molecular flexibility index (Phi) is 4.27. The highest BCUT2D eigenvalue weighted by molar-refractivity contribution is 5.95. The summed E-state index contributed by atoms with van der Waals surface area (Å²) in [4.78, 5) is 16.9. The Morgan fingerprint density at radius 3 is 2.57 bits per heavy atom. The molecule has 4 heteroatoms. The van der Waals surface area contributed by atoms with Crippen LogP contribution in [0.5, 0.6) is 0 Å². The summed E-state index contributed by atoms with van der Waals surface area (Å²) in [7, 11) is 0. The van der Waals surface area contributed by atoms with Crippen LogP contribution in [0.1, 0.15) is 12.5 Å². The monoisotopic (exact) mass is 287 g/mol. The number of rotatable bonds is 4. The van der Waals surface area contributed by atoms with Gasteiger partial charge in [0.2, 0.25) is 5.91 Å². The van der Waals surface area contributed by atoms with Crippen molar-refractivity contribution in [3.8, 4) is 0 Å². The molecular formula is C17H25N3O. The number of amides is 1. The third kappa shape index (κ3) is 2.97. The van der Waals surface area contributed by atoms with Crippen LogP contribution in [0.3, 0.4) is 0 Å². The molecule has 1 amide bonds. The lowest BCUT2D eigenvalue weighted by atomic mass is 10.0. The van der Waals surface area contributed by atoms with Gasteiger partial charge in [-0.3, -0.25) is 9.69 Å². The van der Waals surface area contributed by atoms with Gasteiger partial charge in [-0.1, -0.05) is 18.2 Å². The fourth-order valence-electron chi connectivity index (χ4n) is 3.71. The van der Waals surface area contributed by atoms with Crippen molar-refractivity contribution in [3.05, 3.63) is 29.8 Å². The number of nitrogens with one attached hydrogen (secondary N) is 1. The summed E-state index contributed by atoms with van der Waals surface area (Å²) in [6, 6.07) is 8.13. The molecule has 2 fully saturated rings. The number of hydrogen-bond acceptors (Lipinski definition) is 3. The van der Waals surface area contributed by atoms with E-state index in [1.807, 2.05) is 30.0 Å². The number of likely N-dealkylation sites (N-methyl/N-ethyl adjacent to an activating group) is 1. The fraction of sp³-hybridized carbons (Fsp3) is 0.588. The molecule has 1 aromatic rings. The standard InChI is InChI=1S/C17H25N3O/c1-3-20(16-7-5-4-6-13(16)2)17(21)12-19-10-14-8-18-9-15(14)11-19/h4-7,14-15,18H,3,8-12H2,1-2H3/t14-,15+. The van der Waals surface area contributed by atoms with E-state index in [4.69, 9.17) is 0 Å². The maximum atomic E-state index is 12.7. The molecule has 0 aromatic heterocycles. The number of aryl methyl sites for hydroxylation is 1. The molecule has 0 radical (unpaired) electrons. The molecule has 3 rings (SSSR count). The molecule has 1 aromatic carbocycles. The molecule has 2 saturated heterocycles. The molecule has 4 nitrogen and oxygen atoms in total. The maximum absolute atomic E-state index is 12.7. The number of fused-ring (bicyclic) bond motifs is 1. The molecule has 2 aliphatic heterocycles. The molecule has 2 atom stereocenters. The summed E-state index contributed by atoms with van der Waals surface area (Å²) < 4.78 is 0. The lowest BCUT2D eigenvalue weighted by molar-refractivity contribution is -0.119. The second-order valence-corrected chi connectivity index (χ2v) is 6.30. The first-order chi connectivity index (χ1) is 10.2. The first-order valence-electron chi connectivity index (χ1n) is 7.98. The third-order valence-corrected chi connectivity index (χ3v) is 4.85. The van der Waals surface area contributed by atoms with E-state index in [1.54, 1.807) is 0 Å². The normalized spacial score (nSPS) is 25.0. The number of carbonyl (C=O) groups excluding carboxylic acids is 1. The van der Waals surface area contributed by atoms with Crippen LogP contribution in [0.25, 0.3) is 0 Å². The fourth-order valence-corrected chi connectivity index (χ4v) is 3.71. The molecule has 1 N–H and O–H groups in total. The van der Waals surface area contributed by atoms with E-state index < -0.39 is 0 Å². The van der Waals surface area contributed by atoms with Crippen molar-refractivity contribution in [1.82, 2.24) is 10.2 Å². The number of carbonyl (C=O) groups is 1. The zero-order valence-corrected chi connectivity index (χ0v) is 13.0. The lowest BCUT2D eigenvalue weighted by Gasteiger charge is -2.26. The highest BCUT2D eigenvalue weighted by atomic mass is 16.2. The molecule has 0 saturated carbocycles. The van der Waals surface area contributed by atoms with Crippen LogP contribution in [0.15, 0.2) is 24.3 Å². The van der Waals surface area contributed by atoms with Crippen molar-refractivity contribution in [1.29, 1.82) is 0 Å². The van der Waals surface area contributed by atoms with Crippen molar-refractivity contribution in [2.24, 2.45) is 11.8 Å². The molecule has 2 heterocycles. The lowest BCUT2D eigenvalue weighted by Crippen LogP contribution is -2.40. The van der Waals surface area contributed by atoms with Gasteiger partial charge in [-0.05, 0) is 50.4 Å². The molecular weight excluding hydrogens is 262 g/mol. The summed E-state index contributed by atoms with van der Waals surface area (Å²) >= 11 is 0. The number of likely N-dealkylation sites (tertiary alicyclic amines) is 1. The summed E-state index contributed by atoms with van der Waals surface area (Å²) in [6.45, 7) is 9.75. The minimum absolute atomic E-state index is 0.222. The first-order valence-corrected chi connectivity index (χ1v) is 7.98. The topological polar surface area (TPSA) is 35.6 Å². The van der Waals surface area contributed by atoms with Gasteiger partial charge in [0.15, 0.2) is 0 Å². The molecule has 21 heavy (non-hydrogen) atoms. The average Bonchev–Trinajstić information content (AvgIpc) is 3.02. The zero-order chi connectivity index (χ0) is 14.8. The highest BCUT2D eigenvalue weighted by Crippen LogP contribution is 2.26. The van der Waals surface area contributed by atoms with Gasteiger partial charge in [-0.25, -0.2) is 0 Å². The van der Waals surface area contributed by atoms with Gasteiger partial charge >= 0.3 is 0 Å². The quantitative estimate of drug-likeness (QED) is 0.911. The van der Waals surface area contributed by atoms with E-state index >= 15 is 0 Å². The number of hydrogen-bond donors (Lipinski definition) is 1. The van der Waals surface area contributed by atoms with Crippen LogP contribution < -0.4 is 10.2 Å². The van der Waals surface area contributed by atoms with Gasteiger partial charge in [0.05, 0.1) is 6.54 Å². The van der Waals surface area contributed by atoms with Crippen LogP contribution in [0.4, 0.5) is 5.69 Å². The van der Waals surface area contributed by atoms with E-state index in [0.717, 1.165) is 55.8 Å². The minimum atomic E-state index is 0.222. The average molecular weight is 287 g/mol. The van der Waals surface area contributed by atoms with E-state index in [9.17, 15) is 4.79 Å². The maximum Gasteiger partial charge on any atom is 0.241 e. The van der Waals surface area contributed by atoms with Gasteiger partial charge in [-0.2, -0.15) is 0 Å². The zero-order valence-electron chi connectivity index (χ0n) is 13.0. The number of benzene rings is 1. The summed E-state index contributed by atoms with van der Waals surface area (Å²) in [5.41, 5.74) is 2.21. The van der Waals surface area contributed by atoms with Crippen molar-refractivity contribution >= 4 is 11.6 Å². The van der Waals surface area contributed by atoms with Crippen molar-refractivity contribution < 1.29 is 4.79 Å². The second-order valence-electron chi connectivity index (χ2n) is 6.30. The molecule has 114 valence electrons. The smallest absolute Gasteiger partial charge is 0.241 e. The van der Waals surface area contributed by atoms with Crippen molar-refractivity contribution in [3.63, 3.8) is 0 Å². The van der Waals surface area contributed by atoms with Crippen LogP contribution >= 0.6 is 0 Å². The van der Waals surface area contributed by atoms with Crippen LogP contribution in [0.2, 0.25) is 0 Å². The summed E-state index contributed by atoms with van der Waals surface area (Å²) in [5, 5.41) is 3.44. The number of para-hydroxylation sites is 1.